The molecule has 0 unspecified atom stereocenters. The van der Waals surface area contributed by atoms with Gasteiger partial charge in [-0.15, -0.1) is 0 Å². The number of hydrogen-bond acceptors (Lipinski definition) is 4. The van der Waals surface area contributed by atoms with E-state index in [9.17, 15) is 4.79 Å². The molecule has 104 valence electrons. The Labute approximate surface area is 116 Å². The molecule has 0 spiro atoms. The third-order valence-electron chi connectivity index (χ3n) is 3.17. The van der Waals surface area contributed by atoms with Crippen molar-refractivity contribution >= 4 is 11.9 Å². The van der Waals surface area contributed by atoms with Gasteiger partial charge in [-0.3, -0.25) is 5.32 Å². The Balaban J connectivity index is 1.75. The lowest BCUT2D eigenvalue weighted by Gasteiger charge is -2.26. The van der Waals surface area contributed by atoms with Crippen LogP contribution in [0.15, 0.2) is 41.1 Å². The first-order chi connectivity index (χ1) is 9.84. The van der Waals surface area contributed by atoms with Crippen molar-refractivity contribution in [1.82, 2.24) is 10.1 Å². The van der Waals surface area contributed by atoms with Gasteiger partial charge < -0.3 is 14.2 Å². The van der Waals surface area contributed by atoms with Gasteiger partial charge in [0.25, 0.3) is 0 Å². The molecule has 2 aromatic rings. The van der Waals surface area contributed by atoms with Gasteiger partial charge in [0.2, 0.25) is 5.88 Å². The van der Waals surface area contributed by atoms with Gasteiger partial charge >= 0.3 is 6.03 Å². The van der Waals surface area contributed by atoms with E-state index in [0.717, 1.165) is 11.1 Å². The summed E-state index contributed by atoms with van der Waals surface area (Å²) in [6, 6.07) is 9.48. The lowest BCUT2D eigenvalue weighted by atomic mass is 10.1. The largest absolute Gasteiger partial charge is 0.378 e. The van der Waals surface area contributed by atoms with Crippen LogP contribution in [0.2, 0.25) is 0 Å². The zero-order chi connectivity index (χ0) is 13.8. The summed E-state index contributed by atoms with van der Waals surface area (Å²) in [7, 11) is 0. The minimum Gasteiger partial charge on any atom is -0.378 e. The monoisotopic (exact) mass is 273 g/mol. The maximum Gasteiger partial charge on any atom is 0.324 e. The van der Waals surface area contributed by atoms with E-state index in [-0.39, 0.29) is 6.03 Å². The maximum atomic E-state index is 12.1. The van der Waals surface area contributed by atoms with Crippen molar-refractivity contribution in [3.05, 3.63) is 36.5 Å². The highest BCUT2D eigenvalue weighted by Crippen LogP contribution is 2.27. The van der Waals surface area contributed by atoms with Gasteiger partial charge in [0.1, 0.15) is 0 Å². The molecule has 2 heterocycles. The van der Waals surface area contributed by atoms with Gasteiger partial charge in [0.15, 0.2) is 0 Å². The Kier molecular flexibility index (Phi) is 3.64. The molecule has 6 heteroatoms. The predicted octanol–water partition coefficient (Wildman–Crippen LogP) is 2.21. The fraction of sp³-hybridized carbons (Fsp3) is 0.286. The Morgan fingerprint density at radius 3 is 2.70 bits per heavy atom. The van der Waals surface area contributed by atoms with Crippen LogP contribution in [0.3, 0.4) is 0 Å². The fourth-order valence-corrected chi connectivity index (χ4v) is 2.10. The summed E-state index contributed by atoms with van der Waals surface area (Å²) in [6.45, 7) is 2.30. The van der Waals surface area contributed by atoms with Crippen LogP contribution in [-0.4, -0.2) is 42.4 Å². The highest BCUT2D eigenvalue weighted by Gasteiger charge is 2.20. The number of hydrogen-bond donors (Lipinski definition) is 1. The molecule has 2 amide bonds. The van der Waals surface area contributed by atoms with Crippen LogP contribution in [0.4, 0.5) is 10.7 Å². The van der Waals surface area contributed by atoms with Crippen LogP contribution in [0.5, 0.6) is 0 Å². The van der Waals surface area contributed by atoms with Gasteiger partial charge in [-0.1, -0.05) is 35.5 Å². The number of benzene rings is 1. The maximum absolute atomic E-state index is 12.1. The first-order valence-electron chi connectivity index (χ1n) is 6.48. The molecule has 20 heavy (non-hydrogen) atoms. The van der Waals surface area contributed by atoms with Crippen LogP contribution in [0.25, 0.3) is 11.1 Å². The summed E-state index contributed by atoms with van der Waals surface area (Å²) in [6.07, 6.45) is 1.60. The number of anilines is 1. The zero-order valence-electron chi connectivity index (χ0n) is 10.9. The van der Waals surface area contributed by atoms with Crippen molar-refractivity contribution in [3.63, 3.8) is 0 Å². The number of ether oxygens (including phenoxy) is 1. The number of rotatable bonds is 2. The van der Waals surface area contributed by atoms with E-state index >= 15 is 0 Å². The number of carbonyl (C=O) groups excluding carboxylic acids is 1. The molecule has 3 rings (SSSR count). The molecule has 0 aliphatic carbocycles. The Morgan fingerprint density at radius 1 is 1.20 bits per heavy atom. The van der Waals surface area contributed by atoms with Crippen LogP contribution < -0.4 is 5.32 Å². The third-order valence-corrected chi connectivity index (χ3v) is 3.17. The fourth-order valence-electron chi connectivity index (χ4n) is 2.10. The first kappa shape index (κ1) is 12.7. The summed E-state index contributed by atoms with van der Waals surface area (Å²) in [5, 5.41) is 6.52. The minimum atomic E-state index is -0.192. The van der Waals surface area contributed by atoms with Crippen LogP contribution in [0.1, 0.15) is 0 Å². The first-order valence-corrected chi connectivity index (χ1v) is 6.48. The van der Waals surface area contributed by atoms with Gasteiger partial charge in [0.05, 0.1) is 25.0 Å². The average Bonchev–Trinajstić information content (AvgIpc) is 2.97. The molecule has 1 saturated heterocycles. The summed E-state index contributed by atoms with van der Waals surface area (Å²) in [5.41, 5.74) is 1.72. The van der Waals surface area contributed by atoms with E-state index in [4.69, 9.17) is 9.26 Å². The average molecular weight is 273 g/mol. The second kappa shape index (κ2) is 5.75. The number of urea groups is 1. The molecular weight excluding hydrogens is 258 g/mol. The number of morpholine rings is 1. The lowest BCUT2D eigenvalue weighted by Crippen LogP contribution is -2.43. The van der Waals surface area contributed by atoms with Gasteiger partial charge in [-0.05, 0) is 5.56 Å². The number of carbonyl (C=O) groups is 1. The number of amides is 2. The van der Waals surface area contributed by atoms with E-state index in [2.05, 4.69) is 10.5 Å². The molecule has 0 atom stereocenters. The van der Waals surface area contributed by atoms with Crippen molar-refractivity contribution in [3.8, 4) is 11.1 Å². The van der Waals surface area contributed by atoms with E-state index in [0.29, 0.717) is 32.2 Å². The Bertz CT molecular complexity index is 576. The molecular formula is C14H15N3O3. The molecule has 0 bridgehead atoms. The lowest BCUT2D eigenvalue weighted by molar-refractivity contribution is 0.0563. The standard InChI is InChI=1S/C14H15N3O3/c18-14(17-6-8-19-9-7-17)16-13-12(10-15-20-13)11-4-2-1-3-5-11/h1-5,10H,6-9H2,(H,16,18). The van der Waals surface area contributed by atoms with Gasteiger partial charge in [0, 0.05) is 13.1 Å². The Morgan fingerprint density at radius 2 is 1.95 bits per heavy atom. The van der Waals surface area contributed by atoms with Crippen molar-refractivity contribution < 1.29 is 14.1 Å². The second-order valence-corrected chi connectivity index (χ2v) is 4.46. The van der Waals surface area contributed by atoms with E-state index < -0.39 is 0 Å². The number of nitrogens with one attached hydrogen (secondary N) is 1. The van der Waals surface area contributed by atoms with Crippen molar-refractivity contribution in [1.29, 1.82) is 0 Å². The summed E-state index contributed by atoms with van der Waals surface area (Å²) >= 11 is 0. The number of aromatic nitrogens is 1. The summed E-state index contributed by atoms with van der Waals surface area (Å²) in [5.74, 6) is 0.368. The quantitative estimate of drug-likeness (QED) is 0.910. The molecule has 1 aromatic heterocycles. The highest BCUT2D eigenvalue weighted by atomic mass is 16.5. The van der Waals surface area contributed by atoms with E-state index in [1.807, 2.05) is 30.3 Å². The molecule has 0 radical (unpaired) electrons. The normalized spacial score (nSPS) is 15.1. The van der Waals surface area contributed by atoms with Gasteiger partial charge in [-0.2, -0.15) is 0 Å². The third kappa shape index (κ3) is 2.65. The second-order valence-electron chi connectivity index (χ2n) is 4.46. The Hall–Kier alpha value is -2.34. The molecule has 1 aliphatic heterocycles. The predicted molar refractivity (Wildman–Crippen MR) is 73.3 cm³/mol. The number of nitrogens with zero attached hydrogens (tertiary/aromatic N) is 2. The SMILES string of the molecule is O=C(Nc1oncc1-c1ccccc1)N1CCOCC1. The molecule has 1 N–H and O–H groups in total. The van der Waals surface area contributed by atoms with Crippen molar-refractivity contribution in [2.45, 2.75) is 0 Å². The highest BCUT2D eigenvalue weighted by molar-refractivity contribution is 5.92. The molecule has 0 saturated carbocycles. The van der Waals surface area contributed by atoms with Crippen LogP contribution in [-0.2, 0) is 4.74 Å². The van der Waals surface area contributed by atoms with E-state index in [1.54, 1.807) is 11.1 Å². The molecule has 1 fully saturated rings. The molecule has 1 aliphatic rings. The molecule has 1 aromatic carbocycles. The van der Waals surface area contributed by atoms with Crippen LogP contribution >= 0.6 is 0 Å². The molecule has 6 nitrogen and oxygen atoms in total. The smallest absolute Gasteiger partial charge is 0.324 e. The van der Waals surface area contributed by atoms with Gasteiger partial charge in [-0.25, -0.2) is 4.79 Å². The minimum absolute atomic E-state index is 0.192. The zero-order valence-corrected chi connectivity index (χ0v) is 10.9. The summed E-state index contributed by atoms with van der Waals surface area (Å²) in [4.78, 5) is 13.8. The van der Waals surface area contributed by atoms with Crippen LogP contribution in [0, 0.1) is 0 Å². The van der Waals surface area contributed by atoms with Crippen molar-refractivity contribution in [2.75, 3.05) is 31.6 Å². The summed E-state index contributed by atoms with van der Waals surface area (Å²) < 4.78 is 10.4. The van der Waals surface area contributed by atoms with Crippen molar-refractivity contribution in [2.24, 2.45) is 0 Å². The topological polar surface area (TPSA) is 67.6 Å². The van der Waals surface area contributed by atoms with E-state index in [1.165, 1.54) is 0 Å².